The lowest BCUT2D eigenvalue weighted by molar-refractivity contribution is 0.0791. The molecule has 144 valence electrons. The van der Waals surface area contributed by atoms with Gasteiger partial charge in [-0.05, 0) is 37.3 Å². The molecule has 1 aromatic carbocycles. The third kappa shape index (κ3) is 5.09. The van der Waals surface area contributed by atoms with Gasteiger partial charge in [-0.2, -0.15) is 0 Å². The number of halogens is 2. The highest BCUT2D eigenvalue weighted by Gasteiger charge is 2.27. The summed E-state index contributed by atoms with van der Waals surface area (Å²) in [6, 6.07) is 10.0. The van der Waals surface area contributed by atoms with Crippen LogP contribution in [0.2, 0.25) is 0 Å². The number of fused-ring (bicyclic) bond motifs is 1. The van der Waals surface area contributed by atoms with E-state index in [1.165, 1.54) is 12.8 Å². The number of hydrogen-bond acceptors (Lipinski definition) is 3. The van der Waals surface area contributed by atoms with Gasteiger partial charge in [-0.1, -0.05) is 32.0 Å². The molecular formula is C20H29Cl2N3O. The van der Waals surface area contributed by atoms with Crippen molar-refractivity contribution in [2.24, 2.45) is 11.7 Å². The molecule has 3 rings (SSSR count). The molecule has 0 saturated heterocycles. The fourth-order valence-corrected chi connectivity index (χ4v) is 2.94. The van der Waals surface area contributed by atoms with Crippen LogP contribution in [-0.4, -0.2) is 35.4 Å². The van der Waals surface area contributed by atoms with Crippen molar-refractivity contribution < 1.29 is 4.79 Å². The topological polar surface area (TPSA) is 59.2 Å². The fraction of sp³-hybridized carbons (Fsp3) is 0.500. The van der Waals surface area contributed by atoms with Crippen LogP contribution in [-0.2, 0) is 0 Å². The molecule has 1 saturated carbocycles. The Balaban J connectivity index is 0.00000169. The van der Waals surface area contributed by atoms with Crippen LogP contribution in [0.3, 0.4) is 0 Å². The number of pyridine rings is 1. The highest BCUT2D eigenvalue weighted by atomic mass is 35.5. The van der Waals surface area contributed by atoms with E-state index < -0.39 is 0 Å². The lowest BCUT2D eigenvalue weighted by atomic mass is 10.0. The summed E-state index contributed by atoms with van der Waals surface area (Å²) in [7, 11) is 1.86. The van der Waals surface area contributed by atoms with Crippen LogP contribution < -0.4 is 5.73 Å². The molecule has 1 amide bonds. The summed E-state index contributed by atoms with van der Waals surface area (Å²) in [5.41, 5.74) is 8.86. The highest BCUT2D eigenvalue weighted by Crippen LogP contribution is 2.40. The minimum Gasteiger partial charge on any atom is -0.342 e. The summed E-state index contributed by atoms with van der Waals surface area (Å²) in [6.07, 6.45) is 3.18. The maximum Gasteiger partial charge on any atom is 0.254 e. The van der Waals surface area contributed by atoms with Crippen molar-refractivity contribution in [2.75, 3.05) is 13.6 Å². The molecule has 26 heavy (non-hydrogen) atoms. The molecule has 1 atom stereocenters. The fourth-order valence-electron chi connectivity index (χ4n) is 2.94. The van der Waals surface area contributed by atoms with Gasteiger partial charge in [0.1, 0.15) is 0 Å². The van der Waals surface area contributed by atoms with Gasteiger partial charge >= 0.3 is 0 Å². The standard InChI is InChI=1S/C20H27N3O.2ClH/c1-13(2)17(21)10-11-23(3)20(24)16-12-19(14-8-9-14)22-18-7-5-4-6-15(16)18;;/h4-7,12-14,17H,8-11,21H2,1-3H3;2*1H. The van der Waals surface area contributed by atoms with Crippen LogP contribution in [0.5, 0.6) is 0 Å². The van der Waals surface area contributed by atoms with E-state index in [0.717, 1.165) is 28.6 Å². The average Bonchev–Trinajstić information content (AvgIpc) is 3.42. The zero-order valence-corrected chi connectivity index (χ0v) is 17.3. The van der Waals surface area contributed by atoms with Crippen LogP contribution in [0.15, 0.2) is 30.3 Å². The van der Waals surface area contributed by atoms with Gasteiger partial charge in [0.2, 0.25) is 0 Å². The summed E-state index contributed by atoms with van der Waals surface area (Å²) in [6.45, 7) is 4.91. The number of aromatic nitrogens is 1. The minimum absolute atomic E-state index is 0. The highest BCUT2D eigenvalue weighted by molar-refractivity contribution is 6.06. The van der Waals surface area contributed by atoms with Crippen LogP contribution in [0.4, 0.5) is 0 Å². The Morgan fingerprint density at radius 1 is 1.27 bits per heavy atom. The van der Waals surface area contributed by atoms with E-state index in [9.17, 15) is 4.79 Å². The maximum atomic E-state index is 13.0. The predicted octanol–water partition coefficient (Wildman–Crippen LogP) is 4.40. The van der Waals surface area contributed by atoms with Crippen molar-refractivity contribution in [1.82, 2.24) is 9.88 Å². The van der Waals surface area contributed by atoms with Gasteiger partial charge in [0, 0.05) is 36.6 Å². The molecular weight excluding hydrogens is 369 g/mol. The monoisotopic (exact) mass is 397 g/mol. The van der Waals surface area contributed by atoms with Gasteiger partial charge in [0.25, 0.3) is 5.91 Å². The van der Waals surface area contributed by atoms with E-state index in [1.807, 2.05) is 37.4 Å². The third-order valence-electron chi connectivity index (χ3n) is 4.96. The Hall–Kier alpha value is -1.36. The number of amides is 1. The van der Waals surface area contributed by atoms with E-state index in [2.05, 4.69) is 13.8 Å². The molecule has 2 N–H and O–H groups in total. The number of rotatable bonds is 6. The number of carbonyl (C=O) groups is 1. The number of nitrogens with zero attached hydrogens (tertiary/aromatic N) is 2. The molecule has 1 aliphatic rings. The molecule has 1 heterocycles. The Bertz CT molecular complexity index is 747. The largest absolute Gasteiger partial charge is 0.342 e. The first kappa shape index (κ1) is 22.7. The summed E-state index contributed by atoms with van der Waals surface area (Å²) < 4.78 is 0. The molecule has 0 radical (unpaired) electrons. The van der Waals surface area contributed by atoms with Gasteiger partial charge < -0.3 is 10.6 Å². The zero-order chi connectivity index (χ0) is 17.3. The molecule has 0 spiro atoms. The van der Waals surface area contributed by atoms with Crippen molar-refractivity contribution in [1.29, 1.82) is 0 Å². The predicted molar refractivity (Wildman–Crippen MR) is 113 cm³/mol. The second kappa shape index (κ2) is 9.54. The van der Waals surface area contributed by atoms with Crippen molar-refractivity contribution >= 4 is 41.6 Å². The Kier molecular flexibility index (Phi) is 8.32. The van der Waals surface area contributed by atoms with Crippen molar-refractivity contribution in [3.05, 3.63) is 41.6 Å². The van der Waals surface area contributed by atoms with Crippen molar-refractivity contribution in [2.45, 2.75) is 45.1 Å². The smallest absolute Gasteiger partial charge is 0.254 e. The van der Waals surface area contributed by atoms with Gasteiger partial charge in [0.05, 0.1) is 11.1 Å². The maximum absolute atomic E-state index is 13.0. The molecule has 0 aliphatic heterocycles. The van der Waals surface area contributed by atoms with Gasteiger partial charge in [-0.15, -0.1) is 24.8 Å². The average molecular weight is 398 g/mol. The molecule has 0 bridgehead atoms. The number of carbonyl (C=O) groups excluding carboxylic acids is 1. The van der Waals surface area contributed by atoms with Crippen molar-refractivity contribution in [3.8, 4) is 0 Å². The zero-order valence-electron chi connectivity index (χ0n) is 15.6. The second-order valence-corrected chi connectivity index (χ2v) is 7.31. The van der Waals surface area contributed by atoms with Gasteiger partial charge in [-0.25, -0.2) is 0 Å². The van der Waals surface area contributed by atoms with Crippen LogP contribution in [0, 0.1) is 5.92 Å². The van der Waals surface area contributed by atoms with E-state index in [0.29, 0.717) is 18.4 Å². The van der Waals surface area contributed by atoms with E-state index in [-0.39, 0.29) is 36.8 Å². The quantitative estimate of drug-likeness (QED) is 0.785. The molecule has 1 aromatic heterocycles. The normalized spacial score (nSPS) is 14.5. The number of benzene rings is 1. The molecule has 2 aromatic rings. The molecule has 4 nitrogen and oxygen atoms in total. The molecule has 6 heteroatoms. The SMILES string of the molecule is CC(C)C(N)CCN(C)C(=O)c1cc(C2CC2)nc2ccccc12.Cl.Cl. The molecule has 1 aliphatic carbocycles. The Morgan fingerprint density at radius 3 is 2.54 bits per heavy atom. The van der Waals surface area contributed by atoms with E-state index >= 15 is 0 Å². The van der Waals surface area contributed by atoms with Crippen molar-refractivity contribution in [3.63, 3.8) is 0 Å². The van der Waals surface area contributed by atoms with Gasteiger partial charge in [-0.3, -0.25) is 9.78 Å². The van der Waals surface area contributed by atoms with Crippen LogP contribution >= 0.6 is 24.8 Å². The lowest BCUT2D eigenvalue weighted by Gasteiger charge is -2.22. The van der Waals surface area contributed by atoms with E-state index in [4.69, 9.17) is 10.7 Å². The molecule has 1 unspecified atom stereocenters. The summed E-state index contributed by atoms with van der Waals surface area (Å²) in [5, 5.41) is 0.937. The number of nitrogens with two attached hydrogens (primary N) is 1. The summed E-state index contributed by atoms with van der Waals surface area (Å²) in [5.74, 6) is 1.02. The first-order valence-electron chi connectivity index (χ1n) is 8.88. The van der Waals surface area contributed by atoms with Gasteiger partial charge in [0.15, 0.2) is 0 Å². The Labute approximate surface area is 168 Å². The Morgan fingerprint density at radius 2 is 1.92 bits per heavy atom. The van der Waals surface area contributed by atoms with Crippen LogP contribution in [0.25, 0.3) is 10.9 Å². The first-order valence-corrected chi connectivity index (χ1v) is 8.88. The first-order chi connectivity index (χ1) is 11.5. The third-order valence-corrected chi connectivity index (χ3v) is 4.96. The molecule has 1 fully saturated rings. The minimum atomic E-state index is 0. The van der Waals surface area contributed by atoms with Crippen LogP contribution in [0.1, 0.15) is 55.1 Å². The number of hydrogen-bond donors (Lipinski definition) is 1. The summed E-state index contributed by atoms with van der Waals surface area (Å²) >= 11 is 0. The van der Waals surface area contributed by atoms with E-state index in [1.54, 1.807) is 4.90 Å². The summed E-state index contributed by atoms with van der Waals surface area (Å²) in [4.78, 5) is 19.5. The second-order valence-electron chi connectivity index (χ2n) is 7.31. The lowest BCUT2D eigenvalue weighted by Crippen LogP contribution is -2.34. The number of para-hydroxylation sites is 1.